The minimum absolute atomic E-state index is 0.0999. The topological polar surface area (TPSA) is 122 Å². The van der Waals surface area contributed by atoms with Crippen molar-refractivity contribution in [2.75, 3.05) is 13.1 Å². The molecule has 0 aliphatic carbocycles. The second-order valence-electron chi connectivity index (χ2n) is 5.15. The van der Waals surface area contributed by atoms with Gasteiger partial charge in [-0.3, -0.25) is 10.1 Å². The number of nitro groups is 1. The van der Waals surface area contributed by atoms with Gasteiger partial charge < -0.3 is 20.1 Å². The van der Waals surface area contributed by atoms with Crippen LogP contribution in [0.25, 0.3) is 0 Å². The molecule has 1 aromatic rings. The summed E-state index contributed by atoms with van der Waals surface area (Å²) in [5.41, 5.74) is -0.0999. The van der Waals surface area contributed by atoms with Gasteiger partial charge in [-0.05, 0) is 31.4 Å². The van der Waals surface area contributed by atoms with Gasteiger partial charge in [0.05, 0.1) is 11.0 Å². The minimum atomic E-state index is -1.000. The van der Waals surface area contributed by atoms with E-state index in [1.807, 2.05) is 0 Å². The van der Waals surface area contributed by atoms with Crippen LogP contribution in [0.15, 0.2) is 24.3 Å². The lowest BCUT2D eigenvalue weighted by Crippen LogP contribution is -2.49. The van der Waals surface area contributed by atoms with Crippen molar-refractivity contribution in [3.8, 4) is 5.75 Å². The van der Waals surface area contributed by atoms with E-state index in [1.165, 1.54) is 29.2 Å². The van der Waals surface area contributed by atoms with Crippen LogP contribution in [0.2, 0.25) is 0 Å². The summed E-state index contributed by atoms with van der Waals surface area (Å²) in [6.45, 7) is 0.622. The minimum Gasteiger partial charge on any atom is -0.465 e. The Labute approximate surface area is 132 Å². The van der Waals surface area contributed by atoms with Crippen molar-refractivity contribution in [1.29, 1.82) is 0 Å². The van der Waals surface area contributed by atoms with Crippen molar-refractivity contribution in [3.05, 3.63) is 34.4 Å². The zero-order chi connectivity index (χ0) is 16.8. The van der Waals surface area contributed by atoms with Gasteiger partial charge in [-0.15, -0.1) is 0 Å². The first-order chi connectivity index (χ1) is 11.0. The lowest BCUT2D eigenvalue weighted by Gasteiger charge is -2.33. The monoisotopic (exact) mass is 323 g/mol. The summed E-state index contributed by atoms with van der Waals surface area (Å²) < 4.78 is 5.00. The molecule has 0 bridgehead atoms. The average molecular weight is 323 g/mol. The first-order valence-electron chi connectivity index (χ1n) is 7.17. The van der Waals surface area contributed by atoms with Gasteiger partial charge in [0, 0.05) is 25.2 Å². The molecule has 9 nitrogen and oxygen atoms in total. The van der Waals surface area contributed by atoms with Gasteiger partial charge in [0.2, 0.25) is 0 Å². The number of non-ortho nitro benzene ring substituents is 1. The Morgan fingerprint density at radius 2 is 2.04 bits per heavy atom. The highest BCUT2D eigenvalue weighted by Gasteiger charge is 2.26. The van der Waals surface area contributed by atoms with Crippen LogP contribution < -0.4 is 10.1 Å². The number of rotatable bonds is 4. The maximum atomic E-state index is 11.7. The van der Waals surface area contributed by atoms with Gasteiger partial charge in [0.1, 0.15) is 5.75 Å². The first-order valence-corrected chi connectivity index (χ1v) is 7.17. The van der Waals surface area contributed by atoms with E-state index >= 15 is 0 Å². The molecule has 0 unspecified atom stereocenters. The fourth-order valence-corrected chi connectivity index (χ4v) is 2.44. The number of piperidine rings is 1. The number of amides is 2. The molecule has 1 aliphatic heterocycles. The van der Waals surface area contributed by atoms with E-state index in [4.69, 9.17) is 9.84 Å². The van der Waals surface area contributed by atoms with E-state index in [0.717, 1.165) is 12.8 Å². The fourth-order valence-electron chi connectivity index (χ4n) is 2.44. The molecule has 0 radical (unpaired) electrons. The van der Waals surface area contributed by atoms with Crippen molar-refractivity contribution < 1.29 is 24.4 Å². The second-order valence-corrected chi connectivity index (χ2v) is 5.15. The second kappa shape index (κ2) is 7.43. The molecule has 2 N–H and O–H groups in total. The average Bonchev–Trinajstić information content (AvgIpc) is 2.53. The number of likely N-dealkylation sites (tertiary alicyclic amines) is 1. The quantitative estimate of drug-likeness (QED) is 0.647. The first kappa shape index (κ1) is 16.5. The van der Waals surface area contributed by atoms with Crippen LogP contribution in [0.1, 0.15) is 19.3 Å². The highest BCUT2D eigenvalue weighted by molar-refractivity contribution is 5.70. The van der Waals surface area contributed by atoms with Crippen LogP contribution >= 0.6 is 0 Å². The molecule has 2 amide bonds. The standard InChI is InChI=1S/C14H17N3O6/c18-13(23-12-6-4-10(5-7-12)17(21)22)15-9-11-3-1-2-8-16(11)14(19)20/h4-7,11H,1-3,8-9H2,(H,15,18)(H,19,20)/t11-/m1/s1. The number of nitro benzene ring substituents is 1. The van der Waals surface area contributed by atoms with Crippen LogP contribution in [0.5, 0.6) is 5.75 Å². The number of nitrogens with one attached hydrogen (secondary N) is 1. The third kappa shape index (κ3) is 4.56. The van der Waals surface area contributed by atoms with Gasteiger partial charge >= 0.3 is 12.2 Å². The van der Waals surface area contributed by atoms with Crippen LogP contribution in [0.4, 0.5) is 15.3 Å². The van der Waals surface area contributed by atoms with Crippen molar-refractivity contribution in [1.82, 2.24) is 10.2 Å². The molecule has 2 rings (SSSR count). The number of hydrogen-bond acceptors (Lipinski definition) is 5. The smallest absolute Gasteiger partial charge is 0.412 e. The Kier molecular flexibility index (Phi) is 5.34. The number of carboxylic acid groups (broad SMARTS) is 1. The molecule has 0 spiro atoms. The predicted octanol–water partition coefficient (Wildman–Crippen LogP) is 2.22. The Morgan fingerprint density at radius 1 is 1.35 bits per heavy atom. The summed E-state index contributed by atoms with van der Waals surface area (Å²) in [5.74, 6) is 0.173. The molecule has 124 valence electrons. The highest BCUT2D eigenvalue weighted by atomic mass is 16.6. The molecule has 1 heterocycles. The number of hydrogen-bond donors (Lipinski definition) is 2. The number of ether oxygens (including phenoxy) is 1. The summed E-state index contributed by atoms with van der Waals surface area (Å²) in [6.07, 6.45) is 0.684. The third-order valence-electron chi connectivity index (χ3n) is 3.61. The summed E-state index contributed by atoms with van der Waals surface area (Å²) in [7, 11) is 0. The summed E-state index contributed by atoms with van der Waals surface area (Å²) in [4.78, 5) is 34.1. The summed E-state index contributed by atoms with van der Waals surface area (Å²) >= 11 is 0. The summed E-state index contributed by atoms with van der Waals surface area (Å²) in [5, 5.41) is 22.2. The maximum absolute atomic E-state index is 11.7. The van der Waals surface area contributed by atoms with Crippen LogP contribution in [0, 0.1) is 10.1 Å². The van der Waals surface area contributed by atoms with Crippen LogP contribution in [-0.2, 0) is 0 Å². The van der Waals surface area contributed by atoms with E-state index in [9.17, 15) is 19.7 Å². The van der Waals surface area contributed by atoms with Crippen molar-refractivity contribution >= 4 is 17.9 Å². The van der Waals surface area contributed by atoms with Crippen molar-refractivity contribution in [3.63, 3.8) is 0 Å². The lowest BCUT2D eigenvalue weighted by molar-refractivity contribution is -0.384. The largest absolute Gasteiger partial charge is 0.465 e. The highest BCUT2D eigenvalue weighted by Crippen LogP contribution is 2.18. The van der Waals surface area contributed by atoms with E-state index < -0.39 is 17.1 Å². The zero-order valence-electron chi connectivity index (χ0n) is 12.3. The maximum Gasteiger partial charge on any atom is 0.412 e. The van der Waals surface area contributed by atoms with Gasteiger partial charge in [-0.1, -0.05) is 0 Å². The number of carbonyl (C=O) groups is 2. The molecule has 1 fully saturated rings. The Morgan fingerprint density at radius 3 is 2.65 bits per heavy atom. The fraction of sp³-hybridized carbons (Fsp3) is 0.429. The molecule has 1 aromatic carbocycles. The van der Waals surface area contributed by atoms with Gasteiger partial charge in [0.25, 0.3) is 5.69 Å². The Balaban J connectivity index is 1.84. The van der Waals surface area contributed by atoms with E-state index in [0.29, 0.717) is 13.0 Å². The summed E-state index contributed by atoms with van der Waals surface area (Å²) in [6, 6.07) is 4.83. The molecular weight excluding hydrogens is 306 g/mol. The van der Waals surface area contributed by atoms with Crippen LogP contribution in [-0.4, -0.2) is 46.2 Å². The third-order valence-corrected chi connectivity index (χ3v) is 3.61. The van der Waals surface area contributed by atoms with Crippen molar-refractivity contribution in [2.24, 2.45) is 0 Å². The van der Waals surface area contributed by atoms with Gasteiger partial charge in [-0.2, -0.15) is 0 Å². The number of carbonyl (C=O) groups excluding carboxylic acids is 1. The molecule has 0 saturated carbocycles. The molecule has 9 heteroatoms. The number of nitrogens with zero attached hydrogens (tertiary/aromatic N) is 2. The number of benzene rings is 1. The molecule has 1 atom stereocenters. The van der Waals surface area contributed by atoms with Crippen molar-refractivity contribution in [2.45, 2.75) is 25.3 Å². The van der Waals surface area contributed by atoms with E-state index in [2.05, 4.69) is 5.32 Å². The van der Waals surface area contributed by atoms with Gasteiger partial charge in [-0.25, -0.2) is 9.59 Å². The molecule has 1 saturated heterocycles. The Bertz CT molecular complexity index is 589. The predicted molar refractivity (Wildman–Crippen MR) is 79.5 cm³/mol. The van der Waals surface area contributed by atoms with E-state index in [1.54, 1.807) is 0 Å². The SMILES string of the molecule is O=C(NC[C@H]1CCCCN1C(=O)O)Oc1ccc([N+](=O)[O-])cc1. The molecule has 1 aliphatic rings. The van der Waals surface area contributed by atoms with Crippen LogP contribution in [0.3, 0.4) is 0 Å². The molecular formula is C14H17N3O6. The van der Waals surface area contributed by atoms with Gasteiger partial charge in [0.15, 0.2) is 0 Å². The van der Waals surface area contributed by atoms with E-state index in [-0.39, 0.29) is 24.0 Å². The Hall–Kier alpha value is -2.84. The molecule has 0 aromatic heterocycles. The normalized spacial score (nSPS) is 17.4. The molecule has 23 heavy (non-hydrogen) atoms. The lowest BCUT2D eigenvalue weighted by atomic mass is 10.0. The zero-order valence-corrected chi connectivity index (χ0v) is 12.3.